The lowest BCUT2D eigenvalue weighted by Crippen LogP contribution is -2.30. The third-order valence-electron chi connectivity index (χ3n) is 3.98. The lowest BCUT2D eigenvalue weighted by molar-refractivity contribution is 0.397. The summed E-state index contributed by atoms with van der Waals surface area (Å²) in [4.78, 5) is 0.228. The number of nitrogens with zero attached hydrogens (tertiary/aromatic N) is 3. The van der Waals surface area contributed by atoms with Gasteiger partial charge in [0.1, 0.15) is 10.7 Å². The minimum atomic E-state index is -3.68. The average molecular weight is 325 g/mol. The normalized spacial score (nSPS) is 13.6. The molecule has 1 aromatic carbocycles. The van der Waals surface area contributed by atoms with Crippen molar-refractivity contribution in [2.24, 2.45) is 7.05 Å². The summed E-state index contributed by atoms with van der Waals surface area (Å²) in [6.45, 7) is 5.17. The highest BCUT2D eigenvalue weighted by molar-refractivity contribution is 7.89. The maximum atomic E-state index is 13.0. The Hall–Kier alpha value is -1.73. The molecule has 1 aromatic heterocycles. The second-order valence-electron chi connectivity index (χ2n) is 5.37. The molecule has 0 radical (unpaired) electrons. The van der Waals surface area contributed by atoms with E-state index in [0.29, 0.717) is 11.4 Å². The van der Waals surface area contributed by atoms with Crippen LogP contribution in [0.1, 0.15) is 29.9 Å². The number of benzene rings is 1. The molecular formula is C15H20FN3O2S. The number of rotatable bonds is 4. The standard InChI is InChI=1S/C15H20FN3O2S/c1-10-15(12(3)18(4)17-10)22(20,21)19(5)11(2)13-6-8-14(16)9-7-13/h6-9,11H,1-5H3/t11-/m0/s1. The molecule has 0 N–H and O–H groups in total. The van der Waals surface area contributed by atoms with Crippen molar-refractivity contribution >= 4 is 10.0 Å². The van der Waals surface area contributed by atoms with E-state index in [1.54, 1.807) is 44.6 Å². The molecule has 5 nitrogen and oxygen atoms in total. The van der Waals surface area contributed by atoms with E-state index in [9.17, 15) is 12.8 Å². The van der Waals surface area contributed by atoms with Crippen LogP contribution in [0.4, 0.5) is 4.39 Å². The molecule has 0 aliphatic carbocycles. The van der Waals surface area contributed by atoms with Crippen LogP contribution in [0.2, 0.25) is 0 Å². The summed E-state index contributed by atoms with van der Waals surface area (Å²) in [5, 5.41) is 4.16. The van der Waals surface area contributed by atoms with Gasteiger partial charge in [-0.3, -0.25) is 4.68 Å². The number of hydrogen-bond donors (Lipinski definition) is 0. The third-order valence-corrected chi connectivity index (χ3v) is 6.16. The van der Waals surface area contributed by atoms with Gasteiger partial charge in [-0.1, -0.05) is 12.1 Å². The van der Waals surface area contributed by atoms with E-state index < -0.39 is 16.1 Å². The number of sulfonamides is 1. The van der Waals surface area contributed by atoms with Gasteiger partial charge in [0.05, 0.1) is 11.4 Å². The summed E-state index contributed by atoms with van der Waals surface area (Å²) in [6, 6.07) is 5.42. The third kappa shape index (κ3) is 2.78. The molecule has 2 aromatic rings. The van der Waals surface area contributed by atoms with E-state index in [-0.39, 0.29) is 10.7 Å². The summed E-state index contributed by atoms with van der Waals surface area (Å²) in [5.41, 5.74) is 1.79. The Morgan fingerprint density at radius 3 is 2.23 bits per heavy atom. The fraction of sp³-hybridized carbons (Fsp3) is 0.400. The van der Waals surface area contributed by atoms with Gasteiger partial charge < -0.3 is 0 Å². The Morgan fingerprint density at radius 1 is 1.23 bits per heavy atom. The first kappa shape index (κ1) is 16.6. The van der Waals surface area contributed by atoms with Crippen molar-refractivity contribution in [3.05, 3.63) is 47.0 Å². The zero-order valence-electron chi connectivity index (χ0n) is 13.3. The van der Waals surface area contributed by atoms with Crippen molar-refractivity contribution in [1.82, 2.24) is 14.1 Å². The Balaban J connectivity index is 2.42. The van der Waals surface area contributed by atoms with Gasteiger partial charge in [-0.25, -0.2) is 12.8 Å². The zero-order chi connectivity index (χ0) is 16.7. The minimum Gasteiger partial charge on any atom is -0.271 e. The SMILES string of the molecule is Cc1nn(C)c(C)c1S(=O)(=O)N(C)[C@@H](C)c1ccc(F)cc1. The highest BCUT2D eigenvalue weighted by Gasteiger charge is 2.31. The summed E-state index contributed by atoms with van der Waals surface area (Å²) < 4.78 is 41.6. The van der Waals surface area contributed by atoms with Gasteiger partial charge >= 0.3 is 0 Å². The quantitative estimate of drug-likeness (QED) is 0.868. The molecule has 2 rings (SSSR count). The average Bonchev–Trinajstić information content (AvgIpc) is 2.71. The zero-order valence-corrected chi connectivity index (χ0v) is 14.1. The second kappa shape index (κ2) is 5.81. The largest absolute Gasteiger partial charge is 0.271 e. The molecule has 1 atom stereocenters. The molecule has 0 aliphatic rings. The van der Waals surface area contributed by atoms with Gasteiger partial charge in [0, 0.05) is 20.1 Å². The number of aromatic nitrogens is 2. The number of hydrogen-bond acceptors (Lipinski definition) is 3. The van der Waals surface area contributed by atoms with Crippen LogP contribution in [0.3, 0.4) is 0 Å². The van der Waals surface area contributed by atoms with Crippen LogP contribution < -0.4 is 0 Å². The fourth-order valence-corrected chi connectivity index (χ4v) is 4.18. The van der Waals surface area contributed by atoms with Gasteiger partial charge in [0.2, 0.25) is 10.0 Å². The van der Waals surface area contributed by atoms with Crippen molar-refractivity contribution in [3.63, 3.8) is 0 Å². The number of aryl methyl sites for hydroxylation is 2. The van der Waals surface area contributed by atoms with E-state index in [4.69, 9.17) is 0 Å². The molecule has 0 spiro atoms. The van der Waals surface area contributed by atoms with Crippen LogP contribution >= 0.6 is 0 Å². The van der Waals surface area contributed by atoms with Gasteiger partial charge in [-0.05, 0) is 38.5 Å². The van der Waals surface area contributed by atoms with Crippen molar-refractivity contribution in [1.29, 1.82) is 0 Å². The van der Waals surface area contributed by atoms with Crippen molar-refractivity contribution in [2.45, 2.75) is 31.7 Å². The van der Waals surface area contributed by atoms with Gasteiger partial charge in [0.15, 0.2) is 0 Å². The summed E-state index contributed by atoms with van der Waals surface area (Å²) in [6.07, 6.45) is 0. The first-order chi connectivity index (χ1) is 10.2. The minimum absolute atomic E-state index is 0.228. The van der Waals surface area contributed by atoms with Crippen molar-refractivity contribution in [2.75, 3.05) is 7.05 Å². The lowest BCUT2D eigenvalue weighted by Gasteiger charge is -2.24. The molecule has 1 heterocycles. The van der Waals surface area contributed by atoms with Gasteiger partial charge in [-0.2, -0.15) is 9.40 Å². The monoisotopic (exact) mass is 325 g/mol. The molecular weight excluding hydrogens is 305 g/mol. The van der Waals surface area contributed by atoms with E-state index in [0.717, 1.165) is 5.56 Å². The van der Waals surface area contributed by atoms with Crippen LogP contribution in [0.25, 0.3) is 0 Å². The van der Waals surface area contributed by atoms with Crippen LogP contribution in [0, 0.1) is 19.7 Å². The van der Waals surface area contributed by atoms with Gasteiger partial charge in [0.25, 0.3) is 0 Å². The predicted octanol–water partition coefficient (Wildman–Crippen LogP) is 2.56. The summed E-state index contributed by atoms with van der Waals surface area (Å²) >= 11 is 0. The van der Waals surface area contributed by atoms with E-state index in [1.807, 2.05) is 0 Å². The van der Waals surface area contributed by atoms with Crippen molar-refractivity contribution in [3.8, 4) is 0 Å². The highest BCUT2D eigenvalue weighted by Crippen LogP contribution is 2.29. The molecule has 0 aliphatic heterocycles. The lowest BCUT2D eigenvalue weighted by atomic mass is 10.1. The Morgan fingerprint density at radius 2 is 1.77 bits per heavy atom. The van der Waals surface area contributed by atoms with Crippen LogP contribution in [-0.4, -0.2) is 29.6 Å². The highest BCUT2D eigenvalue weighted by atomic mass is 32.2. The molecule has 0 unspecified atom stereocenters. The molecule has 0 amide bonds. The fourth-order valence-electron chi connectivity index (χ4n) is 2.43. The molecule has 120 valence electrons. The van der Waals surface area contributed by atoms with E-state index in [1.165, 1.54) is 23.5 Å². The number of halogens is 1. The molecule has 22 heavy (non-hydrogen) atoms. The van der Waals surface area contributed by atoms with Crippen LogP contribution in [-0.2, 0) is 17.1 Å². The molecule has 0 fully saturated rings. The van der Waals surface area contributed by atoms with E-state index >= 15 is 0 Å². The Labute approximate surface area is 130 Å². The first-order valence-electron chi connectivity index (χ1n) is 6.90. The van der Waals surface area contributed by atoms with Crippen LogP contribution in [0.5, 0.6) is 0 Å². The smallest absolute Gasteiger partial charge is 0.247 e. The molecule has 0 bridgehead atoms. The second-order valence-corrected chi connectivity index (χ2v) is 7.31. The Kier molecular flexibility index (Phi) is 4.39. The first-order valence-corrected chi connectivity index (χ1v) is 8.34. The Bertz CT molecular complexity index is 782. The summed E-state index contributed by atoms with van der Waals surface area (Å²) in [7, 11) is -0.445. The topological polar surface area (TPSA) is 55.2 Å². The molecule has 0 saturated carbocycles. The maximum Gasteiger partial charge on any atom is 0.247 e. The molecule has 0 saturated heterocycles. The summed E-state index contributed by atoms with van der Waals surface area (Å²) in [5.74, 6) is -0.347. The predicted molar refractivity (Wildman–Crippen MR) is 82.4 cm³/mol. The van der Waals surface area contributed by atoms with E-state index in [2.05, 4.69) is 5.10 Å². The molecule has 7 heteroatoms. The van der Waals surface area contributed by atoms with Crippen molar-refractivity contribution < 1.29 is 12.8 Å². The maximum absolute atomic E-state index is 13.0. The van der Waals surface area contributed by atoms with Gasteiger partial charge in [-0.15, -0.1) is 0 Å². The van der Waals surface area contributed by atoms with Crippen LogP contribution in [0.15, 0.2) is 29.2 Å².